The topological polar surface area (TPSA) is 63.6 Å². The average molecular weight is 349 g/mol. The maximum Gasteiger partial charge on any atom is 0.355 e. The summed E-state index contributed by atoms with van der Waals surface area (Å²) in [5.41, 5.74) is 3.60. The Labute approximate surface area is 150 Å². The minimum absolute atomic E-state index is 0.0690. The second kappa shape index (κ2) is 9.04. The van der Waals surface area contributed by atoms with Gasteiger partial charge in [0.15, 0.2) is 0 Å². The van der Waals surface area contributed by atoms with Gasteiger partial charge < -0.3 is 19.5 Å². The molecule has 1 saturated heterocycles. The molecule has 2 rings (SSSR count). The van der Waals surface area contributed by atoms with E-state index in [1.165, 1.54) is 12.8 Å². The van der Waals surface area contributed by atoms with E-state index in [1.807, 2.05) is 25.5 Å². The minimum atomic E-state index is -0.299. The third-order valence-electron chi connectivity index (χ3n) is 5.10. The number of nitrogens with one attached hydrogen (secondary N) is 1. The smallest absolute Gasteiger partial charge is 0.355 e. The summed E-state index contributed by atoms with van der Waals surface area (Å²) in [4.78, 5) is 26.6. The Morgan fingerprint density at radius 2 is 1.88 bits per heavy atom. The molecule has 0 aromatic carbocycles. The Balaban J connectivity index is 1.88. The van der Waals surface area contributed by atoms with Gasteiger partial charge in [-0.3, -0.25) is 4.79 Å². The number of aromatic nitrogens is 1. The summed E-state index contributed by atoms with van der Waals surface area (Å²) in [6.07, 6.45) is 3.61. The number of likely N-dealkylation sites (tertiary alicyclic amines) is 1. The second-order valence-electron chi connectivity index (χ2n) is 6.72. The van der Waals surface area contributed by atoms with E-state index in [-0.39, 0.29) is 11.9 Å². The molecule has 1 aliphatic rings. The number of hydrogen-bond donors (Lipinski definition) is 1. The van der Waals surface area contributed by atoms with Gasteiger partial charge in [-0.15, -0.1) is 0 Å². The van der Waals surface area contributed by atoms with Crippen LogP contribution in [0.2, 0.25) is 0 Å². The molecule has 6 heteroatoms. The average Bonchev–Trinajstić information content (AvgIpc) is 3.14. The van der Waals surface area contributed by atoms with Crippen LogP contribution in [-0.4, -0.2) is 54.1 Å². The number of carbonyl (C=O) groups is 2. The molecule has 1 aromatic heterocycles. The van der Waals surface area contributed by atoms with E-state index in [0.29, 0.717) is 31.7 Å². The fourth-order valence-corrected chi connectivity index (χ4v) is 3.58. The molecule has 1 aliphatic heterocycles. The molecular weight excluding hydrogens is 318 g/mol. The van der Waals surface area contributed by atoms with Gasteiger partial charge in [-0.1, -0.05) is 0 Å². The lowest BCUT2D eigenvalue weighted by Crippen LogP contribution is -2.33. The molecule has 2 heterocycles. The molecule has 1 fully saturated rings. The van der Waals surface area contributed by atoms with Crippen molar-refractivity contribution in [2.75, 3.05) is 32.8 Å². The van der Waals surface area contributed by atoms with E-state index in [4.69, 9.17) is 4.74 Å². The Bertz CT molecular complexity index is 616. The van der Waals surface area contributed by atoms with Gasteiger partial charge in [0.05, 0.1) is 6.61 Å². The summed E-state index contributed by atoms with van der Waals surface area (Å²) in [7, 11) is 1.87. The first kappa shape index (κ1) is 19.5. The van der Waals surface area contributed by atoms with Crippen LogP contribution in [0.25, 0.3) is 0 Å². The van der Waals surface area contributed by atoms with Crippen LogP contribution in [0.5, 0.6) is 0 Å². The molecular formula is C19H31N3O3. The first-order valence-electron chi connectivity index (χ1n) is 9.26. The Kier molecular flexibility index (Phi) is 7.05. The van der Waals surface area contributed by atoms with Crippen LogP contribution >= 0.6 is 0 Å². The molecule has 0 aliphatic carbocycles. The number of carbonyl (C=O) groups excluding carboxylic acids is 2. The zero-order chi connectivity index (χ0) is 18.4. The van der Waals surface area contributed by atoms with Crippen LogP contribution in [0.1, 0.15) is 53.5 Å². The summed E-state index contributed by atoms with van der Waals surface area (Å²) < 4.78 is 7.01. The first-order chi connectivity index (χ1) is 12.0. The molecule has 25 heavy (non-hydrogen) atoms. The highest BCUT2D eigenvalue weighted by atomic mass is 16.5. The SMILES string of the molecule is CCOC(=O)c1c(C)c(CCC(=O)NCCN2CCCC2)c(C)n1C. The Morgan fingerprint density at radius 1 is 1.20 bits per heavy atom. The van der Waals surface area contributed by atoms with Crippen molar-refractivity contribution in [2.45, 2.75) is 46.5 Å². The van der Waals surface area contributed by atoms with E-state index in [1.54, 1.807) is 6.92 Å². The third-order valence-corrected chi connectivity index (χ3v) is 5.10. The highest BCUT2D eigenvalue weighted by Gasteiger charge is 2.22. The number of esters is 1. The lowest BCUT2D eigenvalue weighted by Gasteiger charge is -2.14. The molecule has 1 aromatic rings. The van der Waals surface area contributed by atoms with E-state index >= 15 is 0 Å². The predicted octanol–water partition coefficient (Wildman–Crippen LogP) is 1.96. The maximum absolute atomic E-state index is 12.1. The molecule has 0 spiro atoms. The van der Waals surface area contributed by atoms with E-state index in [2.05, 4.69) is 10.2 Å². The molecule has 1 amide bonds. The highest BCUT2D eigenvalue weighted by molar-refractivity contribution is 5.90. The van der Waals surface area contributed by atoms with Crippen molar-refractivity contribution in [1.29, 1.82) is 0 Å². The van der Waals surface area contributed by atoms with Crippen LogP contribution in [-0.2, 0) is 23.0 Å². The highest BCUT2D eigenvalue weighted by Crippen LogP contribution is 2.23. The monoisotopic (exact) mass is 349 g/mol. The van der Waals surface area contributed by atoms with E-state index in [9.17, 15) is 9.59 Å². The quantitative estimate of drug-likeness (QED) is 0.729. The molecule has 6 nitrogen and oxygen atoms in total. The van der Waals surface area contributed by atoms with Crippen molar-refractivity contribution in [2.24, 2.45) is 7.05 Å². The molecule has 0 radical (unpaired) electrons. The van der Waals surface area contributed by atoms with Crippen molar-refractivity contribution >= 4 is 11.9 Å². The van der Waals surface area contributed by atoms with Crippen LogP contribution in [0.4, 0.5) is 0 Å². The van der Waals surface area contributed by atoms with Gasteiger partial charge in [0.2, 0.25) is 5.91 Å². The first-order valence-corrected chi connectivity index (χ1v) is 9.26. The van der Waals surface area contributed by atoms with Crippen LogP contribution in [0.3, 0.4) is 0 Å². The number of ether oxygens (including phenoxy) is 1. The lowest BCUT2D eigenvalue weighted by atomic mass is 10.0. The molecule has 0 unspecified atom stereocenters. The van der Waals surface area contributed by atoms with Gasteiger partial charge in [-0.05, 0) is 64.3 Å². The van der Waals surface area contributed by atoms with Crippen LogP contribution < -0.4 is 5.32 Å². The third kappa shape index (κ3) is 4.84. The number of nitrogens with zero attached hydrogens (tertiary/aromatic N) is 2. The van der Waals surface area contributed by atoms with Gasteiger partial charge in [-0.25, -0.2) is 4.79 Å². The number of rotatable bonds is 8. The van der Waals surface area contributed by atoms with Crippen molar-refractivity contribution in [3.8, 4) is 0 Å². The van der Waals surface area contributed by atoms with Crippen LogP contribution in [0, 0.1) is 13.8 Å². The number of hydrogen-bond acceptors (Lipinski definition) is 4. The fourth-order valence-electron chi connectivity index (χ4n) is 3.58. The summed E-state index contributed by atoms with van der Waals surface area (Å²) in [6.45, 7) is 10.0. The molecule has 0 saturated carbocycles. The molecule has 1 N–H and O–H groups in total. The van der Waals surface area contributed by atoms with Crippen molar-refractivity contribution in [3.63, 3.8) is 0 Å². The molecule has 0 atom stereocenters. The van der Waals surface area contributed by atoms with Gasteiger partial charge in [0.25, 0.3) is 0 Å². The summed E-state index contributed by atoms with van der Waals surface area (Å²) in [5, 5.41) is 3.00. The Hall–Kier alpha value is -1.82. The summed E-state index contributed by atoms with van der Waals surface area (Å²) >= 11 is 0. The van der Waals surface area contributed by atoms with Gasteiger partial charge >= 0.3 is 5.97 Å². The van der Waals surface area contributed by atoms with Gasteiger partial charge in [0, 0.05) is 32.3 Å². The van der Waals surface area contributed by atoms with Crippen LogP contribution in [0.15, 0.2) is 0 Å². The number of amides is 1. The zero-order valence-electron chi connectivity index (χ0n) is 16.0. The van der Waals surface area contributed by atoms with E-state index in [0.717, 1.165) is 36.5 Å². The fraction of sp³-hybridized carbons (Fsp3) is 0.684. The molecule has 0 bridgehead atoms. The van der Waals surface area contributed by atoms with E-state index < -0.39 is 0 Å². The normalized spacial score (nSPS) is 14.7. The van der Waals surface area contributed by atoms with Crippen molar-refractivity contribution < 1.29 is 14.3 Å². The lowest BCUT2D eigenvalue weighted by molar-refractivity contribution is -0.121. The molecule has 140 valence electrons. The van der Waals surface area contributed by atoms with Gasteiger partial charge in [-0.2, -0.15) is 0 Å². The predicted molar refractivity (Wildman–Crippen MR) is 97.8 cm³/mol. The zero-order valence-corrected chi connectivity index (χ0v) is 16.0. The van der Waals surface area contributed by atoms with Gasteiger partial charge in [0.1, 0.15) is 5.69 Å². The Morgan fingerprint density at radius 3 is 2.52 bits per heavy atom. The summed E-state index contributed by atoms with van der Waals surface area (Å²) in [6, 6.07) is 0. The maximum atomic E-state index is 12.1. The van der Waals surface area contributed by atoms with Crippen molar-refractivity contribution in [1.82, 2.24) is 14.8 Å². The summed E-state index contributed by atoms with van der Waals surface area (Å²) in [5.74, 6) is -0.230. The van der Waals surface area contributed by atoms with Crippen molar-refractivity contribution in [3.05, 3.63) is 22.5 Å². The standard InChI is InChI=1S/C19H31N3O3/c1-5-25-19(24)18-14(2)16(15(3)21(18)4)8-9-17(23)20-10-13-22-11-6-7-12-22/h5-13H2,1-4H3,(H,20,23). The minimum Gasteiger partial charge on any atom is -0.461 e. The second-order valence-corrected chi connectivity index (χ2v) is 6.72. The largest absolute Gasteiger partial charge is 0.461 e.